The molecule has 0 aliphatic carbocycles. The average molecular weight is 799 g/mol. The zero-order valence-electron chi connectivity index (χ0n) is 30.2. The first kappa shape index (κ1) is 39.1. The zero-order chi connectivity index (χ0) is 39.7. The standard InChI is InChI=1S/C42H38O10S3/c1-27(2)29-9-19-37(20-10-29)54(47,48)51-35-17-23-41(39(25-35)31-5-13-33(43)14-6-31)53(45,46)42-24-18-36(26-40(42)32-7-15-34(44)16-8-32)52-55(49,50)38-21-11-30(12-22-38)28(3)4/h5-28,43-44H,1-4H3. The lowest BCUT2D eigenvalue weighted by Crippen LogP contribution is -2.12. The predicted octanol–water partition coefficient (Wildman–Crippen LogP) is 9.05. The molecule has 13 heteroatoms. The van der Waals surface area contributed by atoms with Crippen LogP contribution in [0.15, 0.2) is 153 Å². The van der Waals surface area contributed by atoms with Gasteiger partial charge in [-0.1, -0.05) is 76.2 Å². The number of phenols is 2. The van der Waals surface area contributed by atoms with Gasteiger partial charge in [0.2, 0.25) is 9.84 Å². The maximum Gasteiger partial charge on any atom is 0.339 e. The van der Waals surface area contributed by atoms with E-state index in [9.17, 15) is 35.5 Å². The highest BCUT2D eigenvalue weighted by atomic mass is 32.2. The van der Waals surface area contributed by atoms with E-state index >= 15 is 0 Å². The molecule has 0 radical (unpaired) electrons. The summed E-state index contributed by atoms with van der Waals surface area (Å²) >= 11 is 0. The van der Waals surface area contributed by atoms with Gasteiger partial charge in [0.25, 0.3) is 0 Å². The lowest BCUT2D eigenvalue weighted by molar-refractivity contribution is 0.475. The fraction of sp³-hybridized carbons (Fsp3) is 0.143. The van der Waals surface area contributed by atoms with Gasteiger partial charge in [-0.05, 0) is 119 Å². The Kier molecular flexibility index (Phi) is 10.8. The number of sulfone groups is 1. The maximum atomic E-state index is 14.7. The summed E-state index contributed by atoms with van der Waals surface area (Å²) in [5, 5.41) is 20.0. The Morgan fingerprint density at radius 3 is 1.07 bits per heavy atom. The van der Waals surface area contributed by atoms with Crippen molar-refractivity contribution in [2.45, 2.75) is 59.1 Å². The summed E-state index contributed by atoms with van der Waals surface area (Å²) < 4.78 is 93.8. The smallest absolute Gasteiger partial charge is 0.339 e. The molecule has 0 saturated carbocycles. The molecule has 6 aromatic carbocycles. The minimum atomic E-state index is -4.50. The first-order chi connectivity index (χ1) is 25.9. The SMILES string of the molecule is CC(C)c1ccc(S(=O)(=O)Oc2ccc(S(=O)(=O)c3ccc(OS(=O)(=O)c4ccc(C(C)C)cc4)cc3-c3ccc(O)cc3)c(-c3ccc(O)cc3)c2)cc1. The van der Waals surface area contributed by atoms with Crippen molar-refractivity contribution < 1.29 is 43.8 Å². The molecule has 55 heavy (non-hydrogen) atoms. The van der Waals surface area contributed by atoms with E-state index < -0.39 is 30.1 Å². The number of rotatable bonds is 12. The van der Waals surface area contributed by atoms with Crippen molar-refractivity contribution in [1.82, 2.24) is 0 Å². The van der Waals surface area contributed by atoms with E-state index in [2.05, 4.69) is 0 Å². The minimum absolute atomic E-state index is 0.0623. The van der Waals surface area contributed by atoms with Crippen LogP contribution in [0, 0.1) is 0 Å². The van der Waals surface area contributed by atoms with Crippen LogP contribution in [0.2, 0.25) is 0 Å². The first-order valence-electron chi connectivity index (χ1n) is 17.2. The maximum absolute atomic E-state index is 14.7. The van der Waals surface area contributed by atoms with Gasteiger partial charge in [-0.2, -0.15) is 16.8 Å². The minimum Gasteiger partial charge on any atom is -0.508 e. The molecule has 0 aromatic heterocycles. The fourth-order valence-electron chi connectivity index (χ4n) is 5.83. The van der Waals surface area contributed by atoms with E-state index in [1.54, 1.807) is 24.3 Å². The molecule has 0 aliphatic rings. The van der Waals surface area contributed by atoms with Crippen LogP contribution in [0.3, 0.4) is 0 Å². The summed E-state index contributed by atoms with van der Waals surface area (Å²) in [5.74, 6) is -0.126. The molecule has 0 bridgehead atoms. The van der Waals surface area contributed by atoms with Gasteiger partial charge in [0, 0.05) is 11.1 Å². The molecule has 10 nitrogen and oxygen atoms in total. The Bertz CT molecular complexity index is 2490. The third-order valence-electron chi connectivity index (χ3n) is 8.92. The zero-order valence-corrected chi connectivity index (χ0v) is 32.7. The Balaban J connectivity index is 1.45. The predicted molar refractivity (Wildman–Crippen MR) is 209 cm³/mol. The summed E-state index contributed by atoms with van der Waals surface area (Å²) in [4.78, 5) is -0.656. The Hall–Kier alpha value is -5.63. The van der Waals surface area contributed by atoms with Gasteiger partial charge >= 0.3 is 20.2 Å². The number of aromatic hydroxyl groups is 2. The van der Waals surface area contributed by atoms with Gasteiger partial charge in [0.05, 0.1) is 9.79 Å². The molecular weight excluding hydrogens is 761 g/mol. The fourth-order valence-corrected chi connectivity index (χ4v) is 9.34. The van der Waals surface area contributed by atoms with Gasteiger partial charge < -0.3 is 18.6 Å². The Morgan fingerprint density at radius 1 is 0.436 bits per heavy atom. The molecule has 0 aliphatic heterocycles. The third kappa shape index (κ3) is 8.54. The summed E-state index contributed by atoms with van der Waals surface area (Å²) in [6.45, 7) is 7.92. The molecule has 284 valence electrons. The molecule has 0 amide bonds. The van der Waals surface area contributed by atoms with Crippen molar-refractivity contribution in [3.63, 3.8) is 0 Å². The van der Waals surface area contributed by atoms with Gasteiger partial charge in [-0.15, -0.1) is 0 Å². The number of hydrogen-bond donors (Lipinski definition) is 2. The summed E-state index contributed by atoms with van der Waals surface area (Å²) in [7, 11) is -13.2. The van der Waals surface area contributed by atoms with Gasteiger partial charge in [0.15, 0.2) is 0 Å². The highest BCUT2D eigenvalue weighted by Crippen LogP contribution is 2.41. The van der Waals surface area contributed by atoms with Crippen molar-refractivity contribution in [2.75, 3.05) is 0 Å². The monoisotopic (exact) mass is 798 g/mol. The van der Waals surface area contributed by atoms with Crippen molar-refractivity contribution in [3.8, 4) is 45.3 Å². The van der Waals surface area contributed by atoms with E-state index in [0.29, 0.717) is 11.1 Å². The second-order valence-electron chi connectivity index (χ2n) is 13.4. The Morgan fingerprint density at radius 2 is 0.764 bits per heavy atom. The second kappa shape index (κ2) is 15.2. The molecule has 2 N–H and O–H groups in total. The molecule has 6 aromatic rings. The number of phenolic OH excluding ortho intramolecular Hbond substituents is 2. The van der Waals surface area contributed by atoms with E-state index in [-0.39, 0.29) is 65.5 Å². The van der Waals surface area contributed by atoms with E-state index in [0.717, 1.165) is 11.1 Å². The lowest BCUT2D eigenvalue weighted by atomic mass is 10.0. The molecule has 0 unspecified atom stereocenters. The van der Waals surface area contributed by atoms with Crippen LogP contribution in [0.5, 0.6) is 23.0 Å². The van der Waals surface area contributed by atoms with Gasteiger partial charge in [0.1, 0.15) is 32.8 Å². The van der Waals surface area contributed by atoms with Crippen LogP contribution in [0.1, 0.15) is 50.7 Å². The van der Waals surface area contributed by atoms with Crippen LogP contribution >= 0.6 is 0 Å². The van der Waals surface area contributed by atoms with Crippen LogP contribution in [-0.2, 0) is 30.1 Å². The van der Waals surface area contributed by atoms with Crippen molar-refractivity contribution in [3.05, 3.63) is 145 Å². The summed E-state index contributed by atoms with van der Waals surface area (Å²) in [6.07, 6.45) is 0. The first-order valence-corrected chi connectivity index (χ1v) is 21.5. The highest BCUT2D eigenvalue weighted by molar-refractivity contribution is 7.91. The average Bonchev–Trinajstić information content (AvgIpc) is 3.15. The van der Waals surface area contributed by atoms with E-state index in [1.165, 1.54) is 109 Å². The molecule has 0 atom stereocenters. The van der Waals surface area contributed by atoms with E-state index in [4.69, 9.17) is 8.37 Å². The van der Waals surface area contributed by atoms with E-state index in [1.807, 2.05) is 27.7 Å². The molecule has 0 heterocycles. The topological polar surface area (TPSA) is 161 Å². The van der Waals surface area contributed by atoms with Crippen molar-refractivity contribution in [1.29, 1.82) is 0 Å². The molecular formula is C42H38O10S3. The van der Waals surface area contributed by atoms with Crippen LogP contribution in [-0.4, -0.2) is 35.5 Å². The highest BCUT2D eigenvalue weighted by Gasteiger charge is 2.29. The van der Waals surface area contributed by atoms with Crippen LogP contribution in [0.25, 0.3) is 22.3 Å². The van der Waals surface area contributed by atoms with Gasteiger partial charge in [-0.25, -0.2) is 8.42 Å². The quantitative estimate of drug-likeness (QED) is 0.114. The summed E-state index contributed by atoms with van der Waals surface area (Å²) in [6, 6.07) is 31.3. The second-order valence-corrected chi connectivity index (χ2v) is 18.4. The largest absolute Gasteiger partial charge is 0.508 e. The normalized spacial score (nSPS) is 12.2. The van der Waals surface area contributed by atoms with Crippen LogP contribution in [0.4, 0.5) is 0 Å². The third-order valence-corrected chi connectivity index (χ3v) is 13.3. The van der Waals surface area contributed by atoms with Crippen LogP contribution < -0.4 is 8.37 Å². The van der Waals surface area contributed by atoms with Crippen molar-refractivity contribution in [2.24, 2.45) is 0 Å². The van der Waals surface area contributed by atoms with Gasteiger partial charge in [-0.3, -0.25) is 0 Å². The summed E-state index contributed by atoms with van der Waals surface area (Å²) in [5.41, 5.74) is 2.64. The number of hydrogen-bond acceptors (Lipinski definition) is 10. The molecule has 0 saturated heterocycles. The molecule has 0 spiro atoms. The lowest BCUT2D eigenvalue weighted by Gasteiger charge is -2.17. The van der Waals surface area contributed by atoms with Crippen molar-refractivity contribution >= 4 is 30.1 Å². The Labute approximate surface area is 321 Å². The number of benzene rings is 6. The molecule has 0 fully saturated rings. The molecule has 6 rings (SSSR count).